The normalized spacial score (nSPS) is 16.5. The van der Waals surface area contributed by atoms with Gasteiger partial charge in [-0.2, -0.15) is 0 Å². The molecule has 4 heteroatoms. The van der Waals surface area contributed by atoms with E-state index in [-0.39, 0.29) is 5.54 Å². The zero-order valence-corrected chi connectivity index (χ0v) is 9.80. The minimum Gasteiger partial charge on any atom is -0.396 e. The smallest absolute Gasteiger partial charge is 0.149 e. The Balaban J connectivity index is 2.16. The largest absolute Gasteiger partial charge is 0.396 e. The van der Waals surface area contributed by atoms with E-state index in [0.29, 0.717) is 10.7 Å². The Kier molecular flexibility index (Phi) is 2.51. The lowest BCUT2D eigenvalue weighted by Gasteiger charge is -2.27. The third-order valence-corrected chi connectivity index (χ3v) is 3.13. The van der Waals surface area contributed by atoms with E-state index in [4.69, 9.17) is 17.3 Å². The van der Waals surface area contributed by atoms with Gasteiger partial charge in [-0.15, -0.1) is 0 Å². The van der Waals surface area contributed by atoms with Crippen LogP contribution >= 0.6 is 11.6 Å². The van der Waals surface area contributed by atoms with Gasteiger partial charge in [-0.1, -0.05) is 11.6 Å². The van der Waals surface area contributed by atoms with Crippen LogP contribution in [-0.4, -0.2) is 10.5 Å². The summed E-state index contributed by atoms with van der Waals surface area (Å²) < 4.78 is 0. The highest BCUT2D eigenvalue weighted by Gasteiger charge is 2.38. The molecular weight excluding hydrogens is 210 g/mol. The molecule has 3 nitrogen and oxygen atoms in total. The Morgan fingerprint density at radius 2 is 2.20 bits per heavy atom. The summed E-state index contributed by atoms with van der Waals surface area (Å²) >= 11 is 5.79. The van der Waals surface area contributed by atoms with Crippen LogP contribution in [0.15, 0.2) is 12.3 Å². The van der Waals surface area contributed by atoms with Crippen molar-refractivity contribution >= 4 is 23.1 Å². The van der Waals surface area contributed by atoms with E-state index in [1.807, 2.05) is 0 Å². The van der Waals surface area contributed by atoms with Gasteiger partial charge in [-0.05, 0) is 38.7 Å². The molecule has 82 valence electrons. The van der Waals surface area contributed by atoms with Crippen LogP contribution in [-0.2, 0) is 0 Å². The number of anilines is 2. The molecule has 0 aromatic carbocycles. The first kappa shape index (κ1) is 10.6. The molecule has 0 spiro atoms. The molecular formula is C11H16ClN3. The van der Waals surface area contributed by atoms with Crippen molar-refractivity contribution in [1.82, 2.24) is 4.98 Å². The van der Waals surface area contributed by atoms with E-state index in [9.17, 15) is 0 Å². The van der Waals surface area contributed by atoms with Crippen LogP contribution in [0.2, 0.25) is 5.02 Å². The van der Waals surface area contributed by atoms with E-state index in [0.717, 1.165) is 11.7 Å². The number of hydrogen-bond acceptors (Lipinski definition) is 3. The molecule has 1 aromatic rings. The molecule has 0 unspecified atom stereocenters. The van der Waals surface area contributed by atoms with E-state index in [1.54, 1.807) is 12.3 Å². The first-order valence-corrected chi connectivity index (χ1v) is 5.56. The van der Waals surface area contributed by atoms with Crippen molar-refractivity contribution in [2.45, 2.75) is 32.2 Å². The molecule has 3 N–H and O–H groups in total. The summed E-state index contributed by atoms with van der Waals surface area (Å²) in [4.78, 5) is 4.21. The van der Waals surface area contributed by atoms with Crippen LogP contribution in [0.25, 0.3) is 0 Å². The molecule has 1 saturated carbocycles. The summed E-state index contributed by atoms with van der Waals surface area (Å²) in [7, 11) is 0. The molecule has 2 rings (SSSR count). The predicted molar refractivity (Wildman–Crippen MR) is 64.1 cm³/mol. The van der Waals surface area contributed by atoms with Gasteiger partial charge in [-0.25, -0.2) is 4.98 Å². The molecule has 0 saturated heterocycles. The molecule has 1 aliphatic rings. The molecule has 1 aromatic heterocycles. The van der Waals surface area contributed by atoms with E-state index in [1.165, 1.54) is 12.8 Å². The lowest BCUT2D eigenvalue weighted by molar-refractivity contribution is 0.493. The van der Waals surface area contributed by atoms with Gasteiger partial charge in [0.05, 0.1) is 10.7 Å². The number of nitrogens with one attached hydrogen (secondary N) is 1. The van der Waals surface area contributed by atoms with Crippen molar-refractivity contribution < 1.29 is 0 Å². The quantitative estimate of drug-likeness (QED) is 0.832. The fourth-order valence-corrected chi connectivity index (χ4v) is 1.94. The zero-order valence-electron chi connectivity index (χ0n) is 9.05. The Morgan fingerprint density at radius 1 is 1.53 bits per heavy atom. The Labute approximate surface area is 95.0 Å². The molecule has 0 atom stereocenters. The summed E-state index contributed by atoms with van der Waals surface area (Å²) in [6.07, 6.45) is 4.18. The maximum atomic E-state index is 5.84. The van der Waals surface area contributed by atoms with Gasteiger partial charge in [0.1, 0.15) is 5.82 Å². The van der Waals surface area contributed by atoms with E-state index < -0.39 is 0 Å². The monoisotopic (exact) mass is 225 g/mol. The summed E-state index contributed by atoms with van der Waals surface area (Å²) in [5.74, 6) is 1.46. The van der Waals surface area contributed by atoms with Crippen LogP contribution in [0.3, 0.4) is 0 Å². The Morgan fingerprint density at radius 3 is 2.73 bits per heavy atom. The second-order valence-electron chi connectivity index (χ2n) is 4.71. The maximum absolute atomic E-state index is 5.84. The SMILES string of the molecule is CC(C)(Nc1ncc(Cl)cc1N)C1CC1. The fourth-order valence-electron chi connectivity index (χ4n) is 1.77. The second-order valence-corrected chi connectivity index (χ2v) is 5.15. The number of halogens is 1. The number of nitrogens with zero attached hydrogens (tertiary/aromatic N) is 1. The van der Waals surface area contributed by atoms with Gasteiger partial charge in [-0.3, -0.25) is 0 Å². The van der Waals surface area contributed by atoms with Gasteiger partial charge in [0.25, 0.3) is 0 Å². The molecule has 0 amide bonds. The number of rotatable bonds is 3. The van der Waals surface area contributed by atoms with E-state index >= 15 is 0 Å². The average Bonchev–Trinajstić information content (AvgIpc) is 2.92. The molecule has 1 heterocycles. The van der Waals surface area contributed by atoms with Crippen LogP contribution < -0.4 is 11.1 Å². The topological polar surface area (TPSA) is 50.9 Å². The van der Waals surface area contributed by atoms with E-state index in [2.05, 4.69) is 24.1 Å². The molecule has 1 aliphatic carbocycles. The van der Waals surface area contributed by atoms with Gasteiger partial charge in [0.2, 0.25) is 0 Å². The molecule has 0 aliphatic heterocycles. The second kappa shape index (κ2) is 3.56. The Bertz CT molecular complexity index is 372. The minimum atomic E-state index is 0.0644. The van der Waals surface area contributed by atoms with Gasteiger partial charge in [0, 0.05) is 11.7 Å². The first-order valence-electron chi connectivity index (χ1n) is 5.18. The number of nitrogen functional groups attached to an aromatic ring is 1. The van der Waals surface area contributed by atoms with Crippen LogP contribution in [0.1, 0.15) is 26.7 Å². The highest BCUT2D eigenvalue weighted by atomic mass is 35.5. The lowest BCUT2D eigenvalue weighted by Crippen LogP contribution is -2.34. The van der Waals surface area contributed by atoms with Crippen molar-refractivity contribution in [3.8, 4) is 0 Å². The maximum Gasteiger partial charge on any atom is 0.149 e. The van der Waals surface area contributed by atoms with Crippen LogP contribution in [0, 0.1) is 5.92 Å². The van der Waals surface area contributed by atoms with Gasteiger partial charge in [0.15, 0.2) is 0 Å². The third kappa shape index (κ3) is 2.34. The average molecular weight is 226 g/mol. The molecule has 0 bridgehead atoms. The summed E-state index contributed by atoms with van der Waals surface area (Å²) in [5, 5.41) is 3.95. The van der Waals surface area contributed by atoms with Crippen molar-refractivity contribution in [3.05, 3.63) is 17.3 Å². The van der Waals surface area contributed by atoms with Gasteiger partial charge < -0.3 is 11.1 Å². The molecule has 1 fully saturated rings. The number of aromatic nitrogens is 1. The minimum absolute atomic E-state index is 0.0644. The molecule has 0 radical (unpaired) electrons. The zero-order chi connectivity index (χ0) is 11.1. The number of nitrogens with two attached hydrogens (primary N) is 1. The standard InChI is InChI=1S/C11H16ClN3/c1-11(2,7-3-4-7)15-10-9(13)5-8(12)6-14-10/h5-7H,3-4,13H2,1-2H3,(H,14,15). The van der Waals surface area contributed by atoms with Crippen molar-refractivity contribution in [2.24, 2.45) is 5.92 Å². The van der Waals surface area contributed by atoms with Gasteiger partial charge >= 0.3 is 0 Å². The third-order valence-electron chi connectivity index (χ3n) is 2.92. The van der Waals surface area contributed by atoms with Crippen molar-refractivity contribution in [2.75, 3.05) is 11.1 Å². The van der Waals surface area contributed by atoms with Crippen LogP contribution in [0.5, 0.6) is 0 Å². The first-order chi connectivity index (χ1) is 6.99. The molecule has 15 heavy (non-hydrogen) atoms. The van der Waals surface area contributed by atoms with Crippen molar-refractivity contribution in [1.29, 1.82) is 0 Å². The summed E-state index contributed by atoms with van der Waals surface area (Å²) in [5.41, 5.74) is 6.51. The number of hydrogen-bond donors (Lipinski definition) is 2. The Hall–Kier alpha value is -0.960. The fraction of sp³-hybridized carbons (Fsp3) is 0.545. The summed E-state index contributed by atoms with van der Waals surface area (Å²) in [6.45, 7) is 4.36. The summed E-state index contributed by atoms with van der Waals surface area (Å²) in [6, 6.07) is 1.72. The number of pyridine rings is 1. The van der Waals surface area contributed by atoms with Crippen LogP contribution in [0.4, 0.5) is 11.5 Å². The highest BCUT2D eigenvalue weighted by molar-refractivity contribution is 6.30. The lowest BCUT2D eigenvalue weighted by atomic mass is 9.99. The highest BCUT2D eigenvalue weighted by Crippen LogP contribution is 2.41. The van der Waals surface area contributed by atoms with Crippen molar-refractivity contribution in [3.63, 3.8) is 0 Å². The predicted octanol–water partition coefficient (Wildman–Crippen LogP) is 2.92.